The molecule has 1 aromatic carbocycles. The zero-order valence-corrected chi connectivity index (χ0v) is 10.2. The van der Waals surface area contributed by atoms with Crippen LogP contribution in [0.5, 0.6) is 0 Å². The van der Waals surface area contributed by atoms with E-state index in [9.17, 15) is 4.79 Å². The average molecular weight is 242 g/mol. The van der Waals surface area contributed by atoms with Crippen LogP contribution in [0.3, 0.4) is 0 Å². The molecule has 16 heavy (non-hydrogen) atoms. The molecule has 0 saturated heterocycles. The van der Waals surface area contributed by atoms with Gasteiger partial charge in [0.25, 0.3) is 0 Å². The van der Waals surface area contributed by atoms with E-state index in [0.29, 0.717) is 6.54 Å². The third kappa shape index (κ3) is 3.83. The van der Waals surface area contributed by atoms with E-state index in [0.717, 1.165) is 5.56 Å². The van der Waals surface area contributed by atoms with Gasteiger partial charge in [-0.05, 0) is 12.5 Å². The fraction of sp³-hybridized carbons (Fsp3) is 0.417. The third-order valence-corrected chi connectivity index (χ3v) is 2.74. The lowest BCUT2D eigenvalue weighted by Gasteiger charge is -2.13. The maximum Gasteiger partial charge on any atom is 0.242 e. The largest absolute Gasteiger partial charge is 0.380 e. The fourth-order valence-electron chi connectivity index (χ4n) is 1.19. The first-order valence-corrected chi connectivity index (χ1v) is 5.58. The number of carbonyl (C=O) groups excluding carboxylic acids is 1. The molecule has 0 saturated carbocycles. The van der Waals surface area contributed by atoms with Gasteiger partial charge in [-0.15, -0.1) is 11.6 Å². The summed E-state index contributed by atoms with van der Waals surface area (Å²) in [5.41, 5.74) is 0.798. The number of carbonyl (C=O) groups is 1. The summed E-state index contributed by atoms with van der Waals surface area (Å²) in [4.78, 5) is 11.7. The highest BCUT2D eigenvalue weighted by atomic mass is 35.5. The lowest BCUT2D eigenvalue weighted by molar-refractivity contribution is -0.121. The number of hydrogen-bond acceptors (Lipinski definition) is 2. The number of alkyl halides is 1. The van der Waals surface area contributed by atoms with Crippen LogP contribution in [0.15, 0.2) is 30.3 Å². The number of amides is 1. The number of nitrogens with one attached hydrogen (secondary N) is 1. The van der Waals surface area contributed by atoms with Gasteiger partial charge in [-0.1, -0.05) is 30.3 Å². The highest BCUT2D eigenvalue weighted by Gasteiger charge is 2.17. The van der Waals surface area contributed by atoms with Crippen LogP contribution in [0.4, 0.5) is 0 Å². The molecule has 0 aliphatic rings. The first-order valence-electron chi connectivity index (χ1n) is 5.14. The molecule has 2 atom stereocenters. The second-order valence-electron chi connectivity index (χ2n) is 3.56. The van der Waals surface area contributed by atoms with Crippen LogP contribution in [-0.4, -0.2) is 25.7 Å². The fourth-order valence-corrected chi connectivity index (χ4v) is 1.41. The molecule has 1 rings (SSSR count). The molecule has 0 spiro atoms. The molecule has 3 nitrogen and oxygen atoms in total. The monoisotopic (exact) mass is 241 g/mol. The Morgan fingerprint density at radius 1 is 1.44 bits per heavy atom. The average Bonchev–Trinajstić information content (AvgIpc) is 2.35. The van der Waals surface area contributed by atoms with Gasteiger partial charge in [0.2, 0.25) is 5.91 Å². The molecule has 1 N–H and O–H groups in total. The van der Waals surface area contributed by atoms with Crippen LogP contribution in [-0.2, 0) is 9.53 Å². The van der Waals surface area contributed by atoms with E-state index >= 15 is 0 Å². The third-order valence-electron chi connectivity index (χ3n) is 2.29. The second kappa shape index (κ2) is 6.51. The summed E-state index contributed by atoms with van der Waals surface area (Å²) in [6, 6.07) is 9.26. The lowest BCUT2D eigenvalue weighted by Crippen LogP contribution is -2.33. The molecule has 4 heteroatoms. The standard InChI is InChI=1S/C12H16ClNO2/c1-9(16-2)8-14-12(15)11(13)10-6-4-3-5-7-10/h3-7,9,11H,8H2,1-2H3,(H,14,15). The summed E-state index contributed by atoms with van der Waals surface area (Å²) in [5.74, 6) is -0.197. The SMILES string of the molecule is COC(C)CNC(=O)C(Cl)c1ccccc1. The molecular weight excluding hydrogens is 226 g/mol. The van der Waals surface area contributed by atoms with Crippen molar-refractivity contribution in [3.8, 4) is 0 Å². The minimum Gasteiger partial charge on any atom is -0.380 e. The van der Waals surface area contributed by atoms with Crippen molar-refractivity contribution in [1.29, 1.82) is 0 Å². The van der Waals surface area contributed by atoms with Gasteiger partial charge in [0.15, 0.2) is 0 Å². The van der Waals surface area contributed by atoms with Crippen LogP contribution in [0.1, 0.15) is 17.9 Å². The van der Waals surface area contributed by atoms with E-state index in [1.807, 2.05) is 37.3 Å². The van der Waals surface area contributed by atoms with Gasteiger partial charge in [-0.3, -0.25) is 4.79 Å². The Labute approximate surface area is 101 Å². The van der Waals surface area contributed by atoms with E-state index in [1.165, 1.54) is 0 Å². The highest BCUT2D eigenvalue weighted by Crippen LogP contribution is 2.19. The maximum atomic E-state index is 11.7. The van der Waals surface area contributed by atoms with E-state index in [1.54, 1.807) is 7.11 Å². The van der Waals surface area contributed by atoms with Gasteiger partial charge >= 0.3 is 0 Å². The molecule has 0 aliphatic carbocycles. The molecule has 0 heterocycles. The number of hydrogen-bond donors (Lipinski definition) is 1. The van der Waals surface area contributed by atoms with Gasteiger partial charge < -0.3 is 10.1 Å². The van der Waals surface area contributed by atoms with Crippen LogP contribution in [0, 0.1) is 0 Å². The lowest BCUT2D eigenvalue weighted by atomic mass is 10.1. The summed E-state index contributed by atoms with van der Waals surface area (Å²) >= 11 is 6.03. The molecule has 88 valence electrons. The summed E-state index contributed by atoms with van der Waals surface area (Å²) < 4.78 is 5.03. The predicted octanol–water partition coefficient (Wildman–Crippen LogP) is 2.12. The minimum atomic E-state index is -0.648. The van der Waals surface area contributed by atoms with Crippen molar-refractivity contribution in [3.63, 3.8) is 0 Å². The molecule has 0 aromatic heterocycles. The van der Waals surface area contributed by atoms with Crippen molar-refractivity contribution in [3.05, 3.63) is 35.9 Å². The molecule has 0 radical (unpaired) electrons. The Kier molecular flexibility index (Phi) is 5.29. The van der Waals surface area contributed by atoms with Crippen LogP contribution >= 0.6 is 11.6 Å². The zero-order chi connectivity index (χ0) is 12.0. The molecule has 0 bridgehead atoms. The summed E-state index contributed by atoms with van der Waals surface area (Å²) in [6.45, 7) is 2.34. The van der Waals surface area contributed by atoms with E-state index in [-0.39, 0.29) is 12.0 Å². The summed E-state index contributed by atoms with van der Waals surface area (Å²) in [5, 5.41) is 2.09. The zero-order valence-electron chi connectivity index (χ0n) is 9.44. The van der Waals surface area contributed by atoms with Crippen molar-refractivity contribution in [2.24, 2.45) is 0 Å². The molecule has 2 unspecified atom stereocenters. The van der Waals surface area contributed by atoms with Gasteiger partial charge in [0.1, 0.15) is 5.38 Å². The minimum absolute atomic E-state index is 0.0106. The van der Waals surface area contributed by atoms with Crippen molar-refractivity contribution in [2.45, 2.75) is 18.4 Å². The molecule has 1 amide bonds. The molecule has 1 aromatic rings. The first kappa shape index (κ1) is 13.0. The maximum absolute atomic E-state index is 11.7. The normalized spacial score (nSPS) is 14.2. The number of methoxy groups -OCH3 is 1. The van der Waals surface area contributed by atoms with Crippen molar-refractivity contribution < 1.29 is 9.53 Å². The van der Waals surface area contributed by atoms with Gasteiger partial charge in [0.05, 0.1) is 6.10 Å². The predicted molar refractivity (Wildman–Crippen MR) is 64.5 cm³/mol. The summed E-state index contributed by atoms with van der Waals surface area (Å²) in [7, 11) is 1.60. The Hall–Kier alpha value is -1.06. The second-order valence-corrected chi connectivity index (χ2v) is 4.00. The van der Waals surface area contributed by atoms with E-state index in [4.69, 9.17) is 16.3 Å². The Bertz CT molecular complexity index is 329. The van der Waals surface area contributed by atoms with Crippen LogP contribution in [0.25, 0.3) is 0 Å². The van der Waals surface area contributed by atoms with Crippen LogP contribution in [0.2, 0.25) is 0 Å². The van der Waals surface area contributed by atoms with Crippen LogP contribution < -0.4 is 5.32 Å². The van der Waals surface area contributed by atoms with Gasteiger partial charge in [-0.2, -0.15) is 0 Å². The van der Waals surface area contributed by atoms with Gasteiger partial charge in [0, 0.05) is 13.7 Å². The van der Waals surface area contributed by atoms with Crippen molar-refractivity contribution >= 4 is 17.5 Å². The number of ether oxygens (including phenoxy) is 1. The first-order chi connectivity index (χ1) is 7.65. The smallest absolute Gasteiger partial charge is 0.242 e. The highest BCUT2D eigenvalue weighted by molar-refractivity contribution is 6.30. The quantitative estimate of drug-likeness (QED) is 0.802. The Morgan fingerprint density at radius 2 is 2.06 bits per heavy atom. The van der Waals surface area contributed by atoms with Gasteiger partial charge in [-0.25, -0.2) is 0 Å². The summed E-state index contributed by atoms with van der Waals surface area (Å²) in [6.07, 6.45) is -0.0106. The molecule has 0 aliphatic heterocycles. The molecular formula is C12H16ClNO2. The van der Waals surface area contributed by atoms with E-state index in [2.05, 4.69) is 5.32 Å². The molecule has 0 fully saturated rings. The van der Waals surface area contributed by atoms with Crippen molar-refractivity contribution in [1.82, 2.24) is 5.32 Å². The number of rotatable bonds is 5. The Morgan fingerprint density at radius 3 is 2.62 bits per heavy atom. The van der Waals surface area contributed by atoms with E-state index < -0.39 is 5.38 Å². The Balaban J connectivity index is 2.49. The number of halogens is 1. The van der Waals surface area contributed by atoms with Crippen molar-refractivity contribution in [2.75, 3.05) is 13.7 Å². The number of benzene rings is 1. The topological polar surface area (TPSA) is 38.3 Å².